The molecule has 0 unspecified atom stereocenters. The molecule has 1 aromatic heterocycles. The van der Waals surface area contributed by atoms with Crippen LogP contribution in [0.15, 0.2) is 24.3 Å². The Labute approximate surface area is 93.0 Å². The monoisotopic (exact) mass is 219 g/mol. The van der Waals surface area contributed by atoms with Crippen molar-refractivity contribution in [2.75, 3.05) is 13.7 Å². The van der Waals surface area contributed by atoms with E-state index in [-0.39, 0.29) is 0 Å². The van der Waals surface area contributed by atoms with Gasteiger partial charge in [-0.1, -0.05) is 12.1 Å². The van der Waals surface area contributed by atoms with Gasteiger partial charge in [0.25, 0.3) is 0 Å². The quantitative estimate of drug-likeness (QED) is 0.793. The molecule has 2 N–H and O–H groups in total. The van der Waals surface area contributed by atoms with Crippen LogP contribution in [0.5, 0.6) is 5.75 Å². The zero-order valence-corrected chi connectivity index (χ0v) is 9.00. The molecule has 1 aromatic carbocycles. The number of ether oxygens (including phenoxy) is 1. The minimum atomic E-state index is 0.509. The van der Waals surface area contributed by atoms with Crippen molar-refractivity contribution in [3.05, 3.63) is 30.1 Å². The van der Waals surface area contributed by atoms with Gasteiger partial charge in [0, 0.05) is 6.42 Å². The molecule has 0 saturated carbocycles. The Balaban J connectivity index is 2.45. The predicted molar refractivity (Wildman–Crippen MR) is 58.5 cm³/mol. The molecule has 2 aromatic rings. The highest BCUT2D eigenvalue weighted by Gasteiger charge is 2.10. The van der Waals surface area contributed by atoms with Crippen LogP contribution in [0.25, 0.3) is 5.69 Å². The van der Waals surface area contributed by atoms with Crippen LogP contribution >= 0.6 is 0 Å². The summed E-state index contributed by atoms with van der Waals surface area (Å²) in [6, 6.07) is 7.57. The van der Waals surface area contributed by atoms with Crippen LogP contribution in [0, 0.1) is 0 Å². The average Bonchev–Trinajstić information content (AvgIpc) is 2.77. The number of methoxy groups -OCH3 is 1. The van der Waals surface area contributed by atoms with E-state index in [4.69, 9.17) is 10.5 Å². The predicted octanol–water partition coefficient (Wildman–Crippen LogP) is 0.172. The fourth-order valence-electron chi connectivity index (χ4n) is 1.48. The van der Waals surface area contributed by atoms with Crippen LogP contribution in [0.1, 0.15) is 5.82 Å². The third kappa shape index (κ3) is 1.87. The second kappa shape index (κ2) is 4.71. The fourth-order valence-corrected chi connectivity index (χ4v) is 1.48. The van der Waals surface area contributed by atoms with Gasteiger partial charge < -0.3 is 10.5 Å². The van der Waals surface area contributed by atoms with Crippen LogP contribution in [-0.4, -0.2) is 33.9 Å². The normalized spacial score (nSPS) is 10.4. The molecule has 2 rings (SSSR count). The minimum Gasteiger partial charge on any atom is -0.494 e. The first kappa shape index (κ1) is 10.6. The second-order valence-electron chi connectivity index (χ2n) is 3.22. The number of benzene rings is 1. The number of hydrogen-bond donors (Lipinski definition) is 1. The van der Waals surface area contributed by atoms with E-state index in [2.05, 4.69) is 15.5 Å². The summed E-state index contributed by atoms with van der Waals surface area (Å²) in [5, 5.41) is 11.5. The Morgan fingerprint density at radius 3 is 2.94 bits per heavy atom. The molecule has 0 amide bonds. The Morgan fingerprint density at radius 2 is 2.19 bits per heavy atom. The van der Waals surface area contributed by atoms with Gasteiger partial charge in [-0.05, 0) is 29.1 Å². The molecule has 0 aliphatic heterocycles. The van der Waals surface area contributed by atoms with Crippen LogP contribution in [0.3, 0.4) is 0 Å². The molecule has 0 spiro atoms. The molecule has 6 nitrogen and oxygen atoms in total. The van der Waals surface area contributed by atoms with Gasteiger partial charge in [-0.15, -0.1) is 5.10 Å². The molecule has 0 atom stereocenters. The topological polar surface area (TPSA) is 78.8 Å². The molecule has 6 heteroatoms. The molecule has 1 heterocycles. The van der Waals surface area contributed by atoms with Crippen LogP contribution in [-0.2, 0) is 6.42 Å². The first-order chi connectivity index (χ1) is 7.86. The molecular formula is C10H13N5O. The number of hydrogen-bond acceptors (Lipinski definition) is 5. The Bertz CT molecular complexity index is 468. The SMILES string of the molecule is COc1ccccc1-n1nnnc1CCN. The molecule has 0 radical (unpaired) electrons. The van der Waals surface area contributed by atoms with E-state index in [0.29, 0.717) is 13.0 Å². The highest BCUT2D eigenvalue weighted by Crippen LogP contribution is 2.21. The summed E-state index contributed by atoms with van der Waals surface area (Å²) in [4.78, 5) is 0. The second-order valence-corrected chi connectivity index (χ2v) is 3.22. The number of para-hydroxylation sites is 2. The Morgan fingerprint density at radius 1 is 1.38 bits per heavy atom. The van der Waals surface area contributed by atoms with Gasteiger partial charge >= 0.3 is 0 Å². The maximum Gasteiger partial charge on any atom is 0.158 e. The van der Waals surface area contributed by atoms with Gasteiger partial charge in [0.15, 0.2) is 5.82 Å². The first-order valence-electron chi connectivity index (χ1n) is 4.97. The minimum absolute atomic E-state index is 0.509. The van der Waals surface area contributed by atoms with E-state index >= 15 is 0 Å². The van der Waals surface area contributed by atoms with E-state index in [1.165, 1.54) is 0 Å². The van der Waals surface area contributed by atoms with Crippen molar-refractivity contribution in [2.45, 2.75) is 6.42 Å². The van der Waals surface area contributed by atoms with E-state index in [1.54, 1.807) is 11.8 Å². The third-order valence-corrected chi connectivity index (χ3v) is 2.22. The standard InChI is InChI=1S/C10H13N5O/c1-16-9-5-3-2-4-8(9)15-10(6-7-11)12-13-14-15/h2-5H,6-7,11H2,1H3. The number of rotatable bonds is 4. The van der Waals surface area contributed by atoms with Gasteiger partial charge in [0.05, 0.1) is 7.11 Å². The van der Waals surface area contributed by atoms with Crippen molar-refractivity contribution in [2.24, 2.45) is 5.73 Å². The van der Waals surface area contributed by atoms with Crippen molar-refractivity contribution in [3.8, 4) is 11.4 Å². The summed E-state index contributed by atoms with van der Waals surface area (Å²) < 4.78 is 6.90. The summed E-state index contributed by atoms with van der Waals surface area (Å²) in [5.41, 5.74) is 6.32. The van der Waals surface area contributed by atoms with Crippen molar-refractivity contribution in [3.63, 3.8) is 0 Å². The summed E-state index contributed by atoms with van der Waals surface area (Å²) >= 11 is 0. The van der Waals surface area contributed by atoms with Gasteiger partial charge in [-0.25, -0.2) is 0 Å². The lowest BCUT2D eigenvalue weighted by Crippen LogP contribution is -2.10. The lowest BCUT2D eigenvalue weighted by molar-refractivity contribution is 0.411. The molecule has 16 heavy (non-hydrogen) atoms. The van der Waals surface area contributed by atoms with Crippen molar-refractivity contribution >= 4 is 0 Å². The number of aromatic nitrogens is 4. The fraction of sp³-hybridized carbons (Fsp3) is 0.300. The van der Waals surface area contributed by atoms with Crippen LogP contribution < -0.4 is 10.5 Å². The Hall–Kier alpha value is -1.95. The summed E-state index contributed by atoms with van der Waals surface area (Å²) in [5.74, 6) is 1.46. The largest absolute Gasteiger partial charge is 0.494 e. The van der Waals surface area contributed by atoms with Gasteiger partial charge in [-0.3, -0.25) is 0 Å². The molecule has 0 fully saturated rings. The summed E-state index contributed by atoms with van der Waals surface area (Å²) in [6.07, 6.45) is 0.630. The van der Waals surface area contributed by atoms with Crippen LogP contribution in [0.2, 0.25) is 0 Å². The van der Waals surface area contributed by atoms with Gasteiger partial charge in [-0.2, -0.15) is 4.68 Å². The number of nitrogens with two attached hydrogens (primary N) is 1. The van der Waals surface area contributed by atoms with E-state index in [9.17, 15) is 0 Å². The van der Waals surface area contributed by atoms with Gasteiger partial charge in [0.1, 0.15) is 11.4 Å². The van der Waals surface area contributed by atoms with E-state index in [0.717, 1.165) is 17.3 Å². The van der Waals surface area contributed by atoms with Crippen LogP contribution in [0.4, 0.5) is 0 Å². The van der Waals surface area contributed by atoms with Crippen molar-refractivity contribution in [1.82, 2.24) is 20.2 Å². The molecule has 0 aliphatic carbocycles. The first-order valence-corrected chi connectivity index (χ1v) is 4.97. The maximum absolute atomic E-state index is 5.50. The van der Waals surface area contributed by atoms with Crippen molar-refractivity contribution in [1.29, 1.82) is 0 Å². The number of nitrogens with zero attached hydrogens (tertiary/aromatic N) is 4. The smallest absolute Gasteiger partial charge is 0.158 e. The van der Waals surface area contributed by atoms with E-state index in [1.807, 2.05) is 24.3 Å². The van der Waals surface area contributed by atoms with Crippen molar-refractivity contribution < 1.29 is 4.74 Å². The molecule has 0 bridgehead atoms. The zero-order valence-electron chi connectivity index (χ0n) is 9.00. The summed E-state index contributed by atoms with van der Waals surface area (Å²) in [7, 11) is 1.62. The highest BCUT2D eigenvalue weighted by molar-refractivity contribution is 5.46. The maximum atomic E-state index is 5.50. The molecule has 84 valence electrons. The average molecular weight is 219 g/mol. The lowest BCUT2D eigenvalue weighted by Gasteiger charge is -2.08. The lowest BCUT2D eigenvalue weighted by atomic mass is 10.3. The van der Waals surface area contributed by atoms with E-state index < -0.39 is 0 Å². The molecule has 0 aliphatic rings. The number of tetrazole rings is 1. The van der Waals surface area contributed by atoms with Gasteiger partial charge in [0.2, 0.25) is 0 Å². The third-order valence-electron chi connectivity index (χ3n) is 2.22. The highest BCUT2D eigenvalue weighted by atomic mass is 16.5. The Kier molecular flexibility index (Phi) is 3.11. The molecular weight excluding hydrogens is 206 g/mol. The molecule has 0 saturated heterocycles. The summed E-state index contributed by atoms with van der Waals surface area (Å²) in [6.45, 7) is 0.509. The zero-order chi connectivity index (χ0) is 11.4.